The zero-order valence-corrected chi connectivity index (χ0v) is 7.73. The van der Waals surface area contributed by atoms with E-state index in [0.29, 0.717) is 5.56 Å². The van der Waals surface area contributed by atoms with Crippen LogP contribution in [0.4, 0.5) is 8.78 Å². The first-order valence-electron chi connectivity index (χ1n) is 4.18. The first-order valence-corrected chi connectivity index (χ1v) is 4.18. The minimum Gasteiger partial charge on any atom is -0.504 e. The molecule has 0 aliphatic heterocycles. The highest BCUT2D eigenvalue weighted by Gasteiger charge is 2.12. The predicted octanol–water partition coefficient (Wildman–Crippen LogP) is 0.986. The zero-order valence-electron chi connectivity index (χ0n) is 7.73. The van der Waals surface area contributed by atoms with E-state index in [2.05, 4.69) is 4.74 Å². The molecule has 0 radical (unpaired) electrons. The molecule has 0 heterocycles. The van der Waals surface area contributed by atoms with Gasteiger partial charge in [-0.25, -0.2) is 0 Å². The Morgan fingerprint density at radius 2 is 2.07 bits per heavy atom. The van der Waals surface area contributed by atoms with E-state index in [1.54, 1.807) is 0 Å². The summed E-state index contributed by atoms with van der Waals surface area (Å²) in [5, 5.41) is 18.0. The number of phenols is 1. The van der Waals surface area contributed by atoms with E-state index in [4.69, 9.17) is 10.8 Å². The third kappa shape index (κ3) is 3.03. The standard InChI is InChI=1S/C9H11F2NO3/c10-9(11)15-8-2-1-5(3-7(8)14)6(12)4-13/h1-3,6,9,13-14H,4,12H2/t6-/m0/s1. The summed E-state index contributed by atoms with van der Waals surface area (Å²) in [4.78, 5) is 0. The average molecular weight is 219 g/mol. The third-order valence-electron chi connectivity index (χ3n) is 1.82. The number of ether oxygens (including phenoxy) is 1. The van der Waals surface area contributed by atoms with Crippen molar-refractivity contribution >= 4 is 0 Å². The van der Waals surface area contributed by atoms with Crippen LogP contribution in [0, 0.1) is 0 Å². The number of nitrogens with two attached hydrogens (primary N) is 1. The van der Waals surface area contributed by atoms with Gasteiger partial charge in [0.1, 0.15) is 0 Å². The number of benzene rings is 1. The highest BCUT2D eigenvalue weighted by atomic mass is 19.3. The Bertz CT molecular complexity index is 333. The molecule has 0 unspecified atom stereocenters. The molecule has 4 N–H and O–H groups in total. The van der Waals surface area contributed by atoms with Crippen molar-refractivity contribution in [2.24, 2.45) is 5.73 Å². The van der Waals surface area contributed by atoms with Crippen molar-refractivity contribution in [1.29, 1.82) is 0 Å². The summed E-state index contributed by atoms with van der Waals surface area (Å²) in [6.45, 7) is -3.29. The molecule has 1 rings (SSSR count). The molecule has 1 aromatic rings. The van der Waals surface area contributed by atoms with Gasteiger partial charge in [0.25, 0.3) is 0 Å². The van der Waals surface area contributed by atoms with Crippen molar-refractivity contribution in [3.63, 3.8) is 0 Å². The molecule has 84 valence electrons. The molecule has 0 bridgehead atoms. The van der Waals surface area contributed by atoms with Gasteiger partial charge < -0.3 is 20.7 Å². The number of phenolic OH excluding ortho intramolecular Hbond substituents is 1. The molecule has 1 aromatic carbocycles. The molecular formula is C9H11F2NO3. The molecule has 1 atom stereocenters. The maximum Gasteiger partial charge on any atom is 0.387 e. The predicted molar refractivity (Wildman–Crippen MR) is 48.8 cm³/mol. The molecule has 15 heavy (non-hydrogen) atoms. The van der Waals surface area contributed by atoms with E-state index >= 15 is 0 Å². The summed E-state index contributed by atoms with van der Waals surface area (Å²) in [6, 6.07) is 3.10. The van der Waals surface area contributed by atoms with Crippen molar-refractivity contribution in [3.05, 3.63) is 23.8 Å². The second-order valence-electron chi connectivity index (χ2n) is 2.89. The van der Waals surface area contributed by atoms with Crippen LogP contribution in [0.3, 0.4) is 0 Å². The van der Waals surface area contributed by atoms with Crippen molar-refractivity contribution in [2.75, 3.05) is 6.61 Å². The van der Waals surface area contributed by atoms with Crippen LogP contribution in [-0.2, 0) is 0 Å². The second-order valence-corrected chi connectivity index (χ2v) is 2.89. The molecule has 0 saturated carbocycles. The maximum absolute atomic E-state index is 11.8. The lowest BCUT2D eigenvalue weighted by Gasteiger charge is -2.11. The Hall–Kier alpha value is -1.40. The number of halogens is 2. The SMILES string of the molecule is N[C@@H](CO)c1ccc(OC(F)F)c(O)c1. The lowest BCUT2D eigenvalue weighted by Crippen LogP contribution is -2.14. The molecular weight excluding hydrogens is 208 g/mol. The van der Waals surface area contributed by atoms with Gasteiger partial charge in [-0.15, -0.1) is 0 Å². The lowest BCUT2D eigenvalue weighted by atomic mass is 10.1. The summed E-state index contributed by atoms with van der Waals surface area (Å²) in [5.41, 5.74) is 5.91. The Balaban J connectivity index is 2.88. The second kappa shape index (κ2) is 4.90. The highest BCUT2D eigenvalue weighted by Crippen LogP contribution is 2.29. The number of alkyl halides is 2. The van der Waals surface area contributed by atoms with E-state index in [-0.39, 0.29) is 12.4 Å². The van der Waals surface area contributed by atoms with Crippen LogP contribution in [0.15, 0.2) is 18.2 Å². The van der Waals surface area contributed by atoms with Crippen molar-refractivity contribution in [3.8, 4) is 11.5 Å². The fourth-order valence-corrected chi connectivity index (χ4v) is 1.07. The van der Waals surface area contributed by atoms with E-state index in [0.717, 1.165) is 0 Å². The van der Waals surface area contributed by atoms with Gasteiger partial charge in [-0.3, -0.25) is 0 Å². The quantitative estimate of drug-likeness (QED) is 0.705. The summed E-state index contributed by atoms with van der Waals surface area (Å²) in [6.07, 6.45) is 0. The molecule has 0 saturated heterocycles. The Morgan fingerprint density at radius 1 is 1.40 bits per heavy atom. The number of aliphatic hydroxyl groups is 1. The van der Waals surface area contributed by atoms with Gasteiger partial charge in [-0.1, -0.05) is 6.07 Å². The molecule has 0 fully saturated rings. The third-order valence-corrected chi connectivity index (χ3v) is 1.82. The number of hydrogen-bond donors (Lipinski definition) is 3. The van der Waals surface area contributed by atoms with E-state index in [1.807, 2.05) is 0 Å². The van der Waals surface area contributed by atoms with Gasteiger partial charge in [0, 0.05) is 0 Å². The van der Waals surface area contributed by atoms with Crippen molar-refractivity contribution in [2.45, 2.75) is 12.7 Å². The van der Waals surface area contributed by atoms with Crippen molar-refractivity contribution < 1.29 is 23.7 Å². The zero-order chi connectivity index (χ0) is 11.4. The van der Waals surface area contributed by atoms with Crippen LogP contribution in [0.2, 0.25) is 0 Å². The first kappa shape index (κ1) is 11.7. The minimum atomic E-state index is -2.99. The molecule has 0 aromatic heterocycles. The number of aromatic hydroxyl groups is 1. The number of aliphatic hydroxyl groups excluding tert-OH is 1. The summed E-state index contributed by atoms with van der Waals surface area (Å²) in [5.74, 6) is -0.754. The van der Waals surface area contributed by atoms with Gasteiger partial charge in [0.2, 0.25) is 0 Å². The molecule has 6 heteroatoms. The van der Waals surface area contributed by atoms with Gasteiger partial charge in [0.05, 0.1) is 12.6 Å². The van der Waals surface area contributed by atoms with Crippen LogP contribution in [0.25, 0.3) is 0 Å². The normalized spacial score (nSPS) is 12.9. The van der Waals surface area contributed by atoms with Gasteiger partial charge in [0.15, 0.2) is 11.5 Å². The minimum absolute atomic E-state index is 0.297. The smallest absolute Gasteiger partial charge is 0.387 e. The lowest BCUT2D eigenvalue weighted by molar-refractivity contribution is -0.0512. The van der Waals surface area contributed by atoms with Gasteiger partial charge in [-0.2, -0.15) is 8.78 Å². The molecule has 4 nitrogen and oxygen atoms in total. The number of rotatable bonds is 4. The Labute approximate surface area is 84.9 Å². The fraction of sp³-hybridized carbons (Fsp3) is 0.333. The van der Waals surface area contributed by atoms with E-state index in [1.165, 1.54) is 18.2 Å². The van der Waals surface area contributed by atoms with Crippen LogP contribution >= 0.6 is 0 Å². The van der Waals surface area contributed by atoms with Crippen LogP contribution in [0.1, 0.15) is 11.6 Å². The Morgan fingerprint density at radius 3 is 2.53 bits per heavy atom. The molecule has 0 aliphatic rings. The number of hydrogen-bond acceptors (Lipinski definition) is 4. The van der Waals surface area contributed by atoms with Crippen LogP contribution < -0.4 is 10.5 Å². The summed E-state index contributed by atoms with van der Waals surface area (Å²) >= 11 is 0. The van der Waals surface area contributed by atoms with Gasteiger partial charge in [-0.05, 0) is 17.7 Å². The largest absolute Gasteiger partial charge is 0.504 e. The van der Waals surface area contributed by atoms with Crippen molar-refractivity contribution in [1.82, 2.24) is 0 Å². The highest BCUT2D eigenvalue weighted by molar-refractivity contribution is 5.42. The Kier molecular flexibility index (Phi) is 3.81. The van der Waals surface area contributed by atoms with E-state index in [9.17, 15) is 13.9 Å². The molecule has 0 spiro atoms. The first-order chi connectivity index (χ1) is 7.04. The average Bonchev–Trinajstić information content (AvgIpc) is 2.19. The van der Waals surface area contributed by atoms with Gasteiger partial charge >= 0.3 is 6.61 Å². The fourth-order valence-electron chi connectivity index (χ4n) is 1.07. The van der Waals surface area contributed by atoms with E-state index < -0.39 is 18.4 Å². The summed E-state index contributed by atoms with van der Waals surface area (Å²) < 4.78 is 27.7. The molecule has 0 amide bonds. The van der Waals surface area contributed by atoms with Crippen LogP contribution in [0.5, 0.6) is 11.5 Å². The monoisotopic (exact) mass is 219 g/mol. The van der Waals surface area contributed by atoms with Crippen LogP contribution in [-0.4, -0.2) is 23.4 Å². The molecule has 0 aliphatic carbocycles. The maximum atomic E-state index is 11.8. The summed E-state index contributed by atoms with van der Waals surface area (Å²) in [7, 11) is 0. The topological polar surface area (TPSA) is 75.7 Å².